The summed E-state index contributed by atoms with van der Waals surface area (Å²) >= 11 is -1.62. The first-order chi connectivity index (χ1) is 9.00. The van der Waals surface area contributed by atoms with E-state index < -0.39 is 51.1 Å². The molecule has 4 aliphatic rings. The summed E-state index contributed by atoms with van der Waals surface area (Å²) < 4.78 is 4.50. The predicted molar refractivity (Wildman–Crippen MR) is 110 cm³/mol. The van der Waals surface area contributed by atoms with Crippen LogP contribution in [0.5, 0.6) is 0 Å². The van der Waals surface area contributed by atoms with E-state index in [1.165, 1.54) is 0 Å². The van der Waals surface area contributed by atoms with Gasteiger partial charge in [0.15, 0.2) is 0 Å². The fourth-order valence-corrected chi connectivity index (χ4v) is 141. The van der Waals surface area contributed by atoms with E-state index in [1.807, 2.05) is 0 Å². The summed E-state index contributed by atoms with van der Waals surface area (Å²) in [5.74, 6) is 0. The van der Waals surface area contributed by atoms with Crippen LogP contribution in [0.1, 0.15) is 0 Å². The summed E-state index contributed by atoms with van der Waals surface area (Å²) in [5.41, 5.74) is 0. The van der Waals surface area contributed by atoms with Crippen LogP contribution in [-0.2, 0) is 0 Å². The number of fused-ring (bicyclic) bond motifs is 4. The zero-order chi connectivity index (χ0) is 16.5. The van der Waals surface area contributed by atoms with Gasteiger partial charge in [-0.05, 0) is 0 Å². The molecule has 1 radical (unpaired) electrons. The molecule has 0 amide bonds. The van der Waals surface area contributed by atoms with Gasteiger partial charge in [-0.3, -0.25) is 0 Å². The van der Waals surface area contributed by atoms with Crippen LogP contribution in [0.4, 0.5) is 0 Å². The van der Waals surface area contributed by atoms with E-state index in [2.05, 4.69) is 78.6 Å². The van der Waals surface area contributed by atoms with Crippen LogP contribution < -0.4 is 0 Å². The molecule has 4 heterocycles. The first-order valence-corrected chi connectivity index (χ1v) is 28.0. The molecule has 0 aromatic carbocycles. The molecule has 4 saturated heterocycles. The van der Waals surface area contributed by atoms with Gasteiger partial charge in [0.05, 0.1) is 0 Å². The Balaban J connectivity index is 1.95. The maximum absolute atomic E-state index is 2.77. The fourth-order valence-electron chi connectivity index (χ4n) is 9.62. The molecule has 21 heavy (non-hydrogen) atoms. The monoisotopic (exact) mass is 461 g/mol. The van der Waals surface area contributed by atoms with Gasteiger partial charge in [0.1, 0.15) is 0 Å². The topological polar surface area (TPSA) is 0 Å². The normalized spacial score (nSPS) is 56.6. The Labute approximate surface area is 140 Å². The van der Waals surface area contributed by atoms with Gasteiger partial charge in [0.2, 0.25) is 0 Å². The Hall–Kier alpha value is 1.69. The van der Waals surface area contributed by atoms with Crippen LogP contribution in [0.3, 0.4) is 0 Å². The van der Waals surface area contributed by atoms with Crippen molar-refractivity contribution in [2.24, 2.45) is 0 Å². The third kappa shape index (κ3) is 0.813. The molecule has 121 valence electrons. The summed E-state index contributed by atoms with van der Waals surface area (Å²) in [6.45, 7) is 33.3. The molecule has 4 rings (SSSR count). The standard InChI is InChI=1S/C16H36Si4.Sb/c1-17(2,3)13-14(18(4,5)6)16(20(10,11)12)15(13)19(7,8)9;/h1-12H3;. The van der Waals surface area contributed by atoms with Crippen molar-refractivity contribution in [2.45, 2.75) is 90.5 Å². The van der Waals surface area contributed by atoms with E-state index in [-0.39, 0.29) is 0 Å². The minimum atomic E-state index is -1.62. The Morgan fingerprint density at radius 3 is 0.619 bits per heavy atom. The van der Waals surface area contributed by atoms with Gasteiger partial charge in [-0.1, -0.05) is 0 Å². The Kier molecular flexibility index (Phi) is 2.30. The van der Waals surface area contributed by atoms with Crippen molar-refractivity contribution < 1.29 is 0 Å². The van der Waals surface area contributed by atoms with Crippen molar-refractivity contribution in [2.75, 3.05) is 0 Å². The van der Waals surface area contributed by atoms with Gasteiger partial charge in [0.25, 0.3) is 0 Å². The van der Waals surface area contributed by atoms with Crippen molar-refractivity contribution in [3.63, 3.8) is 0 Å². The third-order valence-electron chi connectivity index (χ3n) is 8.25. The molecule has 0 saturated carbocycles. The minimum absolute atomic E-state index is 0.977. The first-order valence-electron chi connectivity index (χ1n) is 8.89. The fraction of sp³-hybridized carbons (Fsp3) is 1.00. The van der Waals surface area contributed by atoms with Crippen LogP contribution >= 0.6 is 0 Å². The number of hydrogen-bond acceptors (Lipinski definition) is 0. The van der Waals surface area contributed by atoms with E-state index in [0.29, 0.717) is 0 Å². The number of rotatable bonds is 4. The van der Waals surface area contributed by atoms with Crippen LogP contribution in [-0.4, -0.2) is 51.1 Å². The van der Waals surface area contributed by atoms with Crippen LogP contribution in [0.15, 0.2) is 0 Å². The molecule has 0 aromatic heterocycles. The Morgan fingerprint density at radius 1 is 0.381 bits per heavy atom. The van der Waals surface area contributed by atoms with Gasteiger partial charge < -0.3 is 0 Å². The van der Waals surface area contributed by atoms with E-state index >= 15 is 0 Å². The van der Waals surface area contributed by atoms with Crippen LogP contribution in [0.25, 0.3) is 0 Å². The summed E-state index contributed by atoms with van der Waals surface area (Å²) in [6, 6.07) is 0. The maximum atomic E-state index is 2.77. The molecule has 0 atom stereocenters. The van der Waals surface area contributed by atoms with Crippen LogP contribution in [0.2, 0.25) is 90.5 Å². The van der Waals surface area contributed by atoms with Crippen molar-refractivity contribution in [3.8, 4) is 0 Å². The summed E-state index contributed by atoms with van der Waals surface area (Å²) in [7, 11) is -3.91. The molecule has 4 fully saturated rings. The molecule has 5 heteroatoms. The van der Waals surface area contributed by atoms with Crippen molar-refractivity contribution in [3.05, 3.63) is 0 Å². The zero-order valence-corrected chi connectivity index (χ0v) is 23.0. The van der Waals surface area contributed by atoms with Gasteiger partial charge in [-0.15, -0.1) is 0 Å². The average molecular weight is 463 g/mol. The molecular formula is C16H36SbSi4. The molecule has 0 bridgehead atoms. The van der Waals surface area contributed by atoms with Crippen molar-refractivity contribution >= 4 is 51.1 Å². The second kappa shape index (κ2) is 2.99. The average Bonchev–Trinajstić information content (AvgIpc) is 2.73. The van der Waals surface area contributed by atoms with Gasteiger partial charge in [-0.25, -0.2) is 0 Å². The molecule has 0 unspecified atom stereocenters. The van der Waals surface area contributed by atoms with Crippen LogP contribution in [0, 0.1) is 0 Å². The first kappa shape index (κ1) is 16.2. The summed E-state index contributed by atoms with van der Waals surface area (Å²) in [6.07, 6.45) is 0. The summed E-state index contributed by atoms with van der Waals surface area (Å²) in [5, 5.41) is 0. The van der Waals surface area contributed by atoms with Gasteiger partial charge in [-0.2, -0.15) is 0 Å². The van der Waals surface area contributed by atoms with Crippen molar-refractivity contribution in [1.29, 1.82) is 0 Å². The van der Waals surface area contributed by atoms with E-state index in [9.17, 15) is 0 Å². The molecule has 0 N–H and O–H groups in total. The van der Waals surface area contributed by atoms with Gasteiger partial charge >= 0.3 is 142 Å². The van der Waals surface area contributed by atoms with E-state index in [1.54, 1.807) is 0 Å². The van der Waals surface area contributed by atoms with E-state index in [4.69, 9.17) is 0 Å². The second-order valence-corrected chi connectivity index (χ2v) is 50.0. The Morgan fingerprint density at radius 2 is 0.524 bits per heavy atom. The molecule has 0 aliphatic carbocycles. The van der Waals surface area contributed by atoms with Gasteiger partial charge in [0, 0.05) is 0 Å². The van der Waals surface area contributed by atoms with Crippen molar-refractivity contribution in [1.82, 2.24) is 0 Å². The quantitative estimate of drug-likeness (QED) is 0.452. The third-order valence-corrected chi connectivity index (χ3v) is 74.5. The van der Waals surface area contributed by atoms with E-state index in [0.717, 1.165) is 11.9 Å². The second-order valence-electron chi connectivity index (χ2n) is 12.5. The molecule has 0 nitrogen and oxygen atoms in total. The molecule has 1 spiro atoms. The SMILES string of the molecule is C[Si](C)(C)[C]12[C]3([Si](C)(C)C)[C]4([Si](C)(C)C)[C]1([Si](C)(C)C)[Sb]234. The summed E-state index contributed by atoms with van der Waals surface area (Å²) in [4.78, 5) is 0. The molecule has 0 aromatic rings. The predicted octanol–water partition coefficient (Wildman–Crippen LogP) is 5.96. The zero-order valence-electron chi connectivity index (χ0n) is 16.4. The molecule has 4 aliphatic heterocycles. The Bertz CT molecular complexity index is 476. The molecular weight excluding hydrogens is 426 g/mol. The number of hydrogen-bond donors (Lipinski definition) is 0.